The van der Waals surface area contributed by atoms with Gasteiger partial charge in [-0.05, 0) is 43.3 Å². The van der Waals surface area contributed by atoms with Crippen molar-refractivity contribution in [3.05, 3.63) is 58.3 Å². The first-order valence-electron chi connectivity index (χ1n) is 8.91. The molecule has 2 aromatic rings. The zero-order chi connectivity index (χ0) is 17.6. The average molecular weight is 359 g/mol. The molecular formula is C20H26N2O2S. The first-order chi connectivity index (χ1) is 12.1. The van der Waals surface area contributed by atoms with Gasteiger partial charge in [0.1, 0.15) is 6.10 Å². The molecule has 1 aromatic carbocycles. The minimum Gasteiger partial charge on any atom is -0.386 e. The van der Waals surface area contributed by atoms with Crippen molar-refractivity contribution in [1.29, 1.82) is 0 Å². The first-order valence-corrected chi connectivity index (χ1v) is 9.79. The van der Waals surface area contributed by atoms with Crippen LogP contribution in [0.2, 0.25) is 0 Å². The Morgan fingerprint density at radius 1 is 1.32 bits per heavy atom. The van der Waals surface area contributed by atoms with Gasteiger partial charge in [0.2, 0.25) is 5.91 Å². The van der Waals surface area contributed by atoms with E-state index in [0.717, 1.165) is 29.8 Å². The van der Waals surface area contributed by atoms with Crippen molar-refractivity contribution in [2.75, 3.05) is 13.1 Å². The SMILES string of the molecule is C[C@H]1C[C@@H](C(=O)N(Cc2ccccc2)CC(O)c2cccs2)CCN1. The highest BCUT2D eigenvalue weighted by Gasteiger charge is 2.30. The van der Waals surface area contributed by atoms with Crippen LogP contribution in [0.5, 0.6) is 0 Å². The van der Waals surface area contributed by atoms with Crippen molar-refractivity contribution in [1.82, 2.24) is 10.2 Å². The fourth-order valence-electron chi connectivity index (χ4n) is 3.43. The normalized spacial score (nSPS) is 21.7. The lowest BCUT2D eigenvalue weighted by Crippen LogP contribution is -2.45. The van der Waals surface area contributed by atoms with Crippen molar-refractivity contribution >= 4 is 17.2 Å². The third-order valence-corrected chi connectivity index (χ3v) is 5.74. The highest BCUT2D eigenvalue weighted by molar-refractivity contribution is 7.10. The van der Waals surface area contributed by atoms with Crippen LogP contribution in [0.4, 0.5) is 0 Å². The van der Waals surface area contributed by atoms with Crippen LogP contribution in [0.3, 0.4) is 0 Å². The van der Waals surface area contributed by atoms with Gasteiger partial charge in [-0.3, -0.25) is 4.79 Å². The molecule has 0 aliphatic carbocycles. The van der Waals surface area contributed by atoms with E-state index in [9.17, 15) is 9.90 Å². The predicted octanol–water partition coefficient (Wildman–Crippen LogP) is 3.20. The largest absolute Gasteiger partial charge is 0.386 e. The van der Waals surface area contributed by atoms with E-state index in [1.807, 2.05) is 52.7 Å². The number of carbonyl (C=O) groups excluding carboxylic acids is 1. The number of nitrogens with zero attached hydrogens (tertiary/aromatic N) is 1. The summed E-state index contributed by atoms with van der Waals surface area (Å²) in [5.74, 6) is 0.198. The van der Waals surface area contributed by atoms with Crippen LogP contribution in [0, 0.1) is 5.92 Å². The minimum absolute atomic E-state index is 0.0375. The van der Waals surface area contributed by atoms with Crippen LogP contribution in [-0.4, -0.2) is 35.0 Å². The summed E-state index contributed by atoms with van der Waals surface area (Å²) in [6.07, 6.45) is 1.09. The first kappa shape index (κ1) is 18.1. The Kier molecular flexibility index (Phi) is 6.24. The number of nitrogens with one attached hydrogen (secondary N) is 1. The molecule has 3 rings (SSSR count). The van der Waals surface area contributed by atoms with E-state index < -0.39 is 6.10 Å². The second kappa shape index (κ2) is 8.61. The number of aliphatic hydroxyl groups excluding tert-OH is 1. The number of hydrogen-bond donors (Lipinski definition) is 2. The molecule has 2 heterocycles. The molecule has 0 radical (unpaired) electrons. The lowest BCUT2D eigenvalue weighted by atomic mass is 9.91. The van der Waals surface area contributed by atoms with Crippen LogP contribution in [-0.2, 0) is 11.3 Å². The van der Waals surface area contributed by atoms with Gasteiger partial charge in [0.25, 0.3) is 0 Å². The number of carbonyl (C=O) groups is 1. The summed E-state index contributed by atoms with van der Waals surface area (Å²) < 4.78 is 0. The summed E-state index contributed by atoms with van der Waals surface area (Å²) >= 11 is 1.53. The molecule has 1 saturated heterocycles. The van der Waals surface area contributed by atoms with Gasteiger partial charge in [-0.1, -0.05) is 36.4 Å². The van der Waals surface area contributed by atoms with E-state index in [1.54, 1.807) is 0 Å². The van der Waals surface area contributed by atoms with Gasteiger partial charge >= 0.3 is 0 Å². The average Bonchev–Trinajstić information content (AvgIpc) is 3.16. The molecular weight excluding hydrogens is 332 g/mol. The van der Waals surface area contributed by atoms with E-state index >= 15 is 0 Å². The summed E-state index contributed by atoms with van der Waals surface area (Å²) in [5, 5.41) is 15.9. The summed E-state index contributed by atoms with van der Waals surface area (Å²) in [7, 11) is 0. The van der Waals surface area contributed by atoms with E-state index in [2.05, 4.69) is 12.2 Å². The molecule has 1 fully saturated rings. The summed E-state index contributed by atoms with van der Waals surface area (Å²) in [6.45, 7) is 3.89. The third-order valence-electron chi connectivity index (χ3n) is 4.77. The van der Waals surface area contributed by atoms with Crippen molar-refractivity contribution in [2.45, 2.75) is 38.5 Å². The second-order valence-corrected chi connectivity index (χ2v) is 7.79. The van der Waals surface area contributed by atoms with E-state index in [1.165, 1.54) is 11.3 Å². The van der Waals surface area contributed by atoms with Gasteiger partial charge < -0.3 is 15.3 Å². The molecule has 1 aliphatic rings. The fourth-order valence-corrected chi connectivity index (χ4v) is 4.13. The van der Waals surface area contributed by atoms with Crippen LogP contribution in [0.1, 0.15) is 36.3 Å². The highest BCUT2D eigenvalue weighted by atomic mass is 32.1. The minimum atomic E-state index is -0.633. The Hall–Kier alpha value is -1.69. The smallest absolute Gasteiger partial charge is 0.226 e. The molecule has 3 atom stereocenters. The molecule has 1 amide bonds. The van der Waals surface area contributed by atoms with Gasteiger partial charge in [-0.2, -0.15) is 0 Å². The van der Waals surface area contributed by atoms with E-state index in [0.29, 0.717) is 19.1 Å². The molecule has 4 nitrogen and oxygen atoms in total. The summed E-state index contributed by atoms with van der Waals surface area (Å²) in [5.41, 5.74) is 1.09. The Morgan fingerprint density at radius 3 is 2.80 bits per heavy atom. The molecule has 25 heavy (non-hydrogen) atoms. The Morgan fingerprint density at radius 2 is 2.12 bits per heavy atom. The van der Waals surface area contributed by atoms with E-state index in [4.69, 9.17) is 0 Å². The van der Waals surface area contributed by atoms with Crippen LogP contribution < -0.4 is 5.32 Å². The summed E-state index contributed by atoms with van der Waals surface area (Å²) in [6, 6.07) is 14.2. The predicted molar refractivity (Wildman–Crippen MR) is 101 cm³/mol. The number of rotatable bonds is 6. The second-order valence-electron chi connectivity index (χ2n) is 6.81. The molecule has 1 aromatic heterocycles. The Balaban J connectivity index is 1.74. The Labute approximate surface area is 153 Å². The van der Waals surface area contributed by atoms with Gasteiger partial charge in [-0.25, -0.2) is 0 Å². The molecule has 0 spiro atoms. The maximum absolute atomic E-state index is 13.1. The van der Waals surface area contributed by atoms with Crippen molar-refractivity contribution in [3.63, 3.8) is 0 Å². The molecule has 2 N–H and O–H groups in total. The molecule has 134 valence electrons. The number of thiophene rings is 1. The Bertz CT molecular complexity index is 660. The number of amides is 1. The standard InChI is InChI=1S/C20H26N2O2S/c1-15-12-17(9-10-21-15)20(24)22(13-16-6-3-2-4-7-16)14-18(23)19-8-5-11-25-19/h2-8,11,15,17-18,21,23H,9-10,12-14H2,1H3/t15-,17-,18?/m0/s1. The monoisotopic (exact) mass is 358 g/mol. The topological polar surface area (TPSA) is 52.6 Å². The maximum atomic E-state index is 13.1. The van der Waals surface area contributed by atoms with Crippen LogP contribution in [0.15, 0.2) is 47.8 Å². The zero-order valence-corrected chi connectivity index (χ0v) is 15.4. The molecule has 0 saturated carbocycles. The van der Waals surface area contributed by atoms with Crippen LogP contribution >= 0.6 is 11.3 Å². The van der Waals surface area contributed by atoms with Gasteiger partial charge in [0.05, 0.1) is 6.54 Å². The van der Waals surface area contributed by atoms with Gasteiger partial charge in [-0.15, -0.1) is 11.3 Å². The lowest BCUT2D eigenvalue weighted by molar-refractivity contribution is -0.138. The highest BCUT2D eigenvalue weighted by Crippen LogP contribution is 2.24. The summed E-state index contributed by atoms with van der Waals surface area (Å²) in [4.78, 5) is 15.9. The zero-order valence-electron chi connectivity index (χ0n) is 14.6. The van der Waals surface area contributed by atoms with Crippen molar-refractivity contribution in [3.8, 4) is 0 Å². The fraction of sp³-hybridized carbons (Fsp3) is 0.450. The number of hydrogen-bond acceptors (Lipinski definition) is 4. The number of aliphatic hydroxyl groups is 1. The van der Waals surface area contributed by atoms with Crippen molar-refractivity contribution in [2.24, 2.45) is 5.92 Å². The molecule has 0 bridgehead atoms. The third kappa shape index (κ3) is 4.91. The molecule has 1 aliphatic heterocycles. The van der Waals surface area contributed by atoms with Gasteiger partial charge in [0.15, 0.2) is 0 Å². The molecule has 1 unspecified atom stereocenters. The van der Waals surface area contributed by atoms with Crippen LogP contribution in [0.25, 0.3) is 0 Å². The lowest BCUT2D eigenvalue weighted by Gasteiger charge is -2.33. The quantitative estimate of drug-likeness (QED) is 0.834. The van der Waals surface area contributed by atoms with Crippen molar-refractivity contribution < 1.29 is 9.90 Å². The van der Waals surface area contributed by atoms with Gasteiger partial charge in [0, 0.05) is 23.4 Å². The number of piperidine rings is 1. The number of benzene rings is 1. The van der Waals surface area contributed by atoms with E-state index in [-0.39, 0.29) is 11.8 Å². The maximum Gasteiger partial charge on any atom is 0.226 e. The molecule has 5 heteroatoms.